The van der Waals surface area contributed by atoms with E-state index in [1.807, 2.05) is 0 Å². The zero-order valence-corrected chi connectivity index (χ0v) is 16.8. The Labute approximate surface area is 168 Å². The molecule has 0 aromatic heterocycles. The molecule has 1 heterocycles. The van der Waals surface area contributed by atoms with Gasteiger partial charge in [0, 0.05) is 23.8 Å². The number of hydrogen-bond donors (Lipinski definition) is 2. The molecule has 0 atom stereocenters. The second-order valence-electron chi connectivity index (χ2n) is 6.55. The summed E-state index contributed by atoms with van der Waals surface area (Å²) in [6.07, 6.45) is 2.57. The third kappa shape index (κ3) is 4.82. The number of carbonyl (C=O) groups is 2. The summed E-state index contributed by atoms with van der Waals surface area (Å²) < 4.78 is 25.2. The third-order valence-electron chi connectivity index (χ3n) is 4.39. The molecule has 1 aliphatic heterocycles. The van der Waals surface area contributed by atoms with Crippen LogP contribution >= 0.6 is 11.6 Å². The fraction of sp³-hybridized carbons (Fsp3) is 0.263. The first-order chi connectivity index (χ1) is 13.2. The Bertz CT molecular complexity index is 1010. The Hall–Kier alpha value is -2.58. The van der Waals surface area contributed by atoms with Gasteiger partial charge in [-0.05, 0) is 54.3 Å². The van der Waals surface area contributed by atoms with Gasteiger partial charge in [-0.15, -0.1) is 0 Å². The molecule has 0 unspecified atom stereocenters. The van der Waals surface area contributed by atoms with Crippen molar-refractivity contribution in [3.8, 4) is 0 Å². The molecule has 1 aliphatic rings. The van der Waals surface area contributed by atoms with Gasteiger partial charge in [-0.1, -0.05) is 23.7 Å². The summed E-state index contributed by atoms with van der Waals surface area (Å²) in [6.45, 7) is 0.640. The van der Waals surface area contributed by atoms with E-state index in [-0.39, 0.29) is 6.54 Å². The molecule has 28 heavy (non-hydrogen) atoms. The minimum Gasteiger partial charge on any atom is -0.344 e. The molecule has 0 radical (unpaired) electrons. The monoisotopic (exact) mass is 421 g/mol. The quantitative estimate of drug-likeness (QED) is 0.740. The first-order valence-electron chi connectivity index (χ1n) is 8.68. The maximum absolute atomic E-state index is 12.1. The number of sulfonamides is 1. The molecule has 0 bridgehead atoms. The summed E-state index contributed by atoms with van der Waals surface area (Å²) in [5.41, 5.74) is 2.69. The van der Waals surface area contributed by atoms with Gasteiger partial charge in [0.1, 0.15) is 0 Å². The SMILES string of the molecule is CS(=O)(=O)N1CCCc2cc(NC(=O)C(=O)NCc3ccc(Cl)cc3)ccc21. The molecular formula is C19H20ClN3O4S. The summed E-state index contributed by atoms with van der Waals surface area (Å²) in [7, 11) is -3.35. The topological polar surface area (TPSA) is 95.6 Å². The van der Waals surface area contributed by atoms with Crippen LogP contribution < -0.4 is 14.9 Å². The van der Waals surface area contributed by atoms with Crippen molar-refractivity contribution in [3.63, 3.8) is 0 Å². The summed E-state index contributed by atoms with van der Waals surface area (Å²) in [5.74, 6) is -1.55. The molecule has 0 fully saturated rings. The highest BCUT2D eigenvalue weighted by Crippen LogP contribution is 2.31. The Morgan fingerprint density at radius 2 is 1.82 bits per heavy atom. The number of nitrogens with one attached hydrogen (secondary N) is 2. The van der Waals surface area contributed by atoms with Gasteiger partial charge < -0.3 is 10.6 Å². The van der Waals surface area contributed by atoms with Crippen LogP contribution in [0.2, 0.25) is 5.02 Å². The van der Waals surface area contributed by atoms with Crippen molar-refractivity contribution in [1.29, 1.82) is 0 Å². The van der Waals surface area contributed by atoms with E-state index in [1.54, 1.807) is 42.5 Å². The summed E-state index contributed by atoms with van der Waals surface area (Å²) in [4.78, 5) is 24.2. The fourth-order valence-electron chi connectivity index (χ4n) is 3.04. The first kappa shape index (κ1) is 20.2. The maximum atomic E-state index is 12.1. The number of halogens is 1. The lowest BCUT2D eigenvalue weighted by molar-refractivity contribution is -0.136. The number of aryl methyl sites for hydroxylation is 1. The molecular weight excluding hydrogens is 402 g/mol. The normalized spacial score (nSPS) is 13.6. The molecule has 0 saturated heterocycles. The van der Waals surface area contributed by atoms with Crippen molar-refractivity contribution in [2.75, 3.05) is 22.4 Å². The van der Waals surface area contributed by atoms with Gasteiger partial charge in [0.25, 0.3) is 0 Å². The largest absolute Gasteiger partial charge is 0.344 e. The van der Waals surface area contributed by atoms with Crippen LogP contribution in [-0.2, 0) is 32.6 Å². The van der Waals surface area contributed by atoms with E-state index in [9.17, 15) is 18.0 Å². The van der Waals surface area contributed by atoms with E-state index in [0.29, 0.717) is 35.8 Å². The first-order valence-corrected chi connectivity index (χ1v) is 10.9. The number of amides is 2. The third-order valence-corrected chi connectivity index (χ3v) is 5.82. The van der Waals surface area contributed by atoms with Crippen molar-refractivity contribution in [2.45, 2.75) is 19.4 Å². The van der Waals surface area contributed by atoms with Crippen molar-refractivity contribution >= 4 is 44.8 Å². The van der Waals surface area contributed by atoms with Crippen molar-refractivity contribution in [2.24, 2.45) is 0 Å². The molecule has 0 aliphatic carbocycles. The van der Waals surface area contributed by atoms with Crippen molar-refractivity contribution in [1.82, 2.24) is 5.32 Å². The van der Waals surface area contributed by atoms with Gasteiger partial charge in [0.2, 0.25) is 10.0 Å². The minimum atomic E-state index is -3.35. The van der Waals surface area contributed by atoms with Crippen LogP contribution in [0.15, 0.2) is 42.5 Å². The molecule has 2 amide bonds. The minimum absolute atomic E-state index is 0.205. The van der Waals surface area contributed by atoms with Crippen LogP contribution in [0.3, 0.4) is 0 Å². The van der Waals surface area contributed by atoms with Crippen LogP contribution in [0.25, 0.3) is 0 Å². The lowest BCUT2D eigenvalue weighted by Crippen LogP contribution is -2.35. The van der Waals surface area contributed by atoms with Crippen LogP contribution in [0.5, 0.6) is 0 Å². The molecule has 0 saturated carbocycles. The van der Waals surface area contributed by atoms with Gasteiger partial charge in [-0.25, -0.2) is 8.42 Å². The second kappa shape index (κ2) is 8.20. The van der Waals surface area contributed by atoms with Gasteiger partial charge in [0.05, 0.1) is 11.9 Å². The van der Waals surface area contributed by atoms with Crippen LogP contribution in [0.1, 0.15) is 17.5 Å². The van der Waals surface area contributed by atoms with Gasteiger partial charge in [-0.3, -0.25) is 13.9 Å². The summed E-state index contributed by atoms with van der Waals surface area (Å²) in [5, 5.41) is 5.69. The van der Waals surface area contributed by atoms with Crippen LogP contribution in [0.4, 0.5) is 11.4 Å². The lowest BCUT2D eigenvalue weighted by Gasteiger charge is -2.29. The average molecular weight is 422 g/mol. The Kier molecular flexibility index (Phi) is 5.90. The molecule has 9 heteroatoms. The van der Waals surface area contributed by atoms with Crippen LogP contribution in [0, 0.1) is 0 Å². The molecule has 2 N–H and O–H groups in total. The smallest absolute Gasteiger partial charge is 0.313 e. The lowest BCUT2D eigenvalue weighted by atomic mass is 10.0. The number of hydrogen-bond acceptors (Lipinski definition) is 4. The second-order valence-corrected chi connectivity index (χ2v) is 8.89. The predicted octanol–water partition coefficient (Wildman–Crippen LogP) is 2.31. The van der Waals surface area contributed by atoms with E-state index in [0.717, 1.165) is 11.1 Å². The number of fused-ring (bicyclic) bond motifs is 1. The standard InChI is InChI=1S/C19H20ClN3O4S/c1-28(26,27)23-10-2-3-14-11-16(8-9-17(14)23)22-19(25)18(24)21-12-13-4-6-15(20)7-5-13/h4-9,11H,2-3,10,12H2,1H3,(H,21,24)(H,22,25). The highest BCUT2D eigenvalue weighted by molar-refractivity contribution is 7.92. The number of rotatable bonds is 4. The number of carbonyl (C=O) groups excluding carboxylic acids is 2. The van der Waals surface area contributed by atoms with Gasteiger partial charge in [-0.2, -0.15) is 0 Å². The zero-order valence-electron chi connectivity index (χ0n) is 15.2. The van der Waals surface area contributed by atoms with E-state index < -0.39 is 21.8 Å². The number of nitrogens with zero attached hydrogens (tertiary/aromatic N) is 1. The molecule has 0 spiro atoms. The van der Waals surface area contributed by atoms with Gasteiger partial charge >= 0.3 is 11.8 Å². The highest BCUT2D eigenvalue weighted by atomic mass is 35.5. The molecule has 2 aromatic carbocycles. The molecule has 3 rings (SSSR count). The predicted molar refractivity (Wildman–Crippen MR) is 109 cm³/mol. The van der Waals surface area contributed by atoms with Crippen LogP contribution in [-0.4, -0.2) is 33.0 Å². The maximum Gasteiger partial charge on any atom is 0.313 e. The Balaban J connectivity index is 1.64. The fourth-order valence-corrected chi connectivity index (χ4v) is 4.16. The highest BCUT2D eigenvalue weighted by Gasteiger charge is 2.24. The summed E-state index contributed by atoms with van der Waals surface area (Å²) >= 11 is 5.81. The zero-order chi connectivity index (χ0) is 20.3. The van der Waals surface area contributed by atoms with E-state index in [4.69, 9.17) is 11.6 Å². The number of benzene rings is 2. The average Bonchev–Trinajstić information content (AvgIpc) is 2.65. The van der Waals surface area contributed by atoms with Crippen molar-refractivity contribution < 1.29 is 18.0 Å². The number of anilines is 2. The Morgan fingerprint density at radius 1 is 1.11 bits per heavy atom. The van der Waals surface area contributed by atoms with Gasteiger partial charge in [0.15, 0.2) is 0 Å². The van der Waals surface area contributed by atoms with E-state index >= 15 is 0 Å². The van der Waals surface area contributed by atoms with E-state index in [2.05, 4.69) is 10.6 Å². The summed E-state index contributed by atoms with van der Waals surface area (Å²) in [6, 6.07) is 11.9. The Morgan fingerprint density at radius 3 is 2.50 bits per heavy atom. The molecule has 2 aromatic rings. The molecule has 148 valence electrons. The van der Waals surface area contributed by atoms with E-state index in [1.165, 1.54) is 10.6 Å². The van der Waals surface area contributed by atoms with Crippen molar-refractivity contribution in [3.05, 3.63) is 58.6 Å². The molecule has 7 nitrogen and oxygen atoms in total.